The monoisotopic (exact) mass is 258 g/mol. The largest absolute Gasteiger partial charge is 0.432 e. The van der Waals surface area contributed by atoms with Crippen molar-refractivity contribution < 1.29 is 9.21 Å². The van der Waals surface area contributed by atoms with Crippen molar-refractivity contribution in [3.8, 4) is 0 Å². The lowest BCUT2D eigenvalue weighted by molar-refractivity contribution is -0.117. The molecule has 1 amide bonds. The van der Waals surface area contributed by atoms with Crippen molar-refractivity contribution in [2.45, 2.75) is 19.8 Å². The Morgan fingerprint density at radius 3 is 2.95 bits per heavy atom. The number of hydrogen-bond donors (Lipinski definition) is 1. The first-order chi connectivity index (χ1) is 9.22. The van der Waals surface area contributed by atoms with E-state index in [2.05, 4.69) is 15.3 Å². The topological polar surface area (TPSA) is 71.3 Å². The number of rotatable bonds is 3. The van der Waals surface area contributed by atoms with E-state index in [-0.39, 0.29) is 5.91 Å². The van der Waals surface area contributed by atoms with Crippen molar-refractivity contribution in [3.05, 3.63) is 30.2 Å². The van der Waals surface area contributed by atoms with Gasteiger partial charge in [0.1, 0.15) is 17.9 Å². The van der Waals surface area contributed by atoms with Gasteiger partial charge < -0.3 is 4.42 Å². The van der Waals surface area contributed by atoms with Gasteiger partial charge in [-0.3, -0.25) is 15.0 Å². The maximum absolute atomic E-state index is 11.7. The quantitative estimate of drug-likeness (QED) is 0.914. The van der Waals surface area contributed by atoms with Crippen molar-refractivity contribution in [2.75, 3.05) is 16.8 Å². The highest BCUT2D eigenvalue weighted by Gasteiger charge is 2.22. The van der Waals surface area contributed by atoms with Crippen LogP contribution in [0.3, 0.4) is 0 Å². The van der Waals surface area contributed by atoms with E-state index in [1.807, 2.05) is 25.1 Å². The Hall–Kier alpha value is -2.37. The van der Waals surface area contributed by atoms with Gasteiger partial charge in [0.25, 0.3) is 6.01 Å². The van der Waals surface area contributed by atoms with Crippen LogP contribution >= 0.6 is 0 Å². The van der Waals surface area contributed by atoms with Gasteiger partial charge in [0.2, 0.25) is 5.91 Å². The summed E-state index contributed by atoms with van der Waals surface area (Å²) in [6.45, 7) is 2.58. The van der Waals surface area contributed by atoms with Crippen LogP contribution in [0.2, 0.25) is 0 Å². The molecule has 19 heavy (non-hydrogen) atoms. The number of pyridine rings is 1. The maximum Gasteiger partial charge on any atom is 0.300 e. The Labute approximate surface area is 110 Å². The molecule has 0 aromatic carbocycles. The molecule has 0 aliphatic carbocycles. The summed E-state index contributed by atoms with van der Waals surface area (Å²) >= 11 is 0. The number of aromatic nitrogens is 2. The molecule has 1 aliphatic rings. The molecule has 1 fully saturated rings. The number of carbonyl (C=O) groups excluding carboxylic acids is 1. The van der Waals surface area contributed by atoms with Crippen molar-refractivity contribution >= 4 is 23.6 Å². The zero-order valence-corrected chi connectivity index (χ0v) is 10.6. The highest BCUT2D eigenvalue weighted by molar-refractivity contribution is 5.94. The van der Waals surface area contributed by atoms with Crippen LogP contribution in [0.1, 0.15) is 18.5 Å². The van der Waals surface area contributed by atoms with E-state index in [4.69, 9.17) is 4.42 Å². The van der Waals surface area contributed by atoms with Gasteiger partial charge in [-0.1, -0.05) is 6.07 Å². The van der Waals surface area contributed by atoms with Crippen LogP contribution in [0.25, 0.3) is 0 Å². The third kappa shape index (κ3) is 2.42. The Kier molecular flexibility index (Phi) is 2.91. The zero-order chi connectivity index (χ0) is 13.2. The van der Waals surface area contributed by atoms with Crippen molar-refractivity contribution in [2.24, 2.45) is 0 Å². The first kappa shape index (κ1) is 11.7. The Balaban J connectivity index is 1.81. The summed E-state index contributed by atoms with van der Waals surface area (Å²) in [6, 6.07) is 5.89. The average Bonchev–Trinajstić information content (AvgIpc) is 2.99. The molecule has 2 aromatic heterocycles. The molecule has 0 bridgehead atoms. The highest BCUT2D eigenvalue weighted by Crippen LogP contribution is 2.22. The summed E-state index contributed by atoms with van der Waals surface area (Å²) in [5, 5.41) is 2.98. The number of amides is 1. The lowest BCUT2D eigenvalue weighted by Gasteiger charge is -2.14. The van der Waals surface area contributed by atoms with Crippen LogP contribution in [0.5, 0.6) is 0 Å². The summed E-state index contributed by atoms with van der Waals surface area (Å²) in [7, 11) is 0. The number of anilines is 3. The van der Waals surface area contributed by atoms with E-state index in [0.717, 1.165) is 18.7 Å². The Bertz CT molecular complexity index is 608. The molecule has 1 saturated heterocycles. The molecule has 0 unspecified atom stereocenters. The van der Waals surface area contributed by atoms with Gasteiger partial charge in [-0.05, 0) is 25.5 Å². The van der Waals surface area contributed by atoms with Gasteiger partial charge in [-0.15, -0.1) is 0 Å². The number of carbonyl (C=O) groups is 1. The summed E-state index contributed by atoms with van der Waals surface area (Å²) in [6.07, 6.45) is 3.05. The lowest BCUT2D eigenvalue weighted by atomic mass is 10.4. The van der Waals surface area contributed by atoms with E-state index in [1.165, 1.54) is 0 Å². The third-order valence-electron chi connectivity index (χ3n) is 2.94. The van der Waals surface area contributed by atoms with Gasteiger partial charge in [-0.25, -0.2) is 4.98 Å². The third-order valence-corrected chi connectivity index (χ3v) is 2.94. The van der Waals surface area contributed by atoms with E-state index in [1.54, 1.807) is 11.2 Å². The molecule has 0 saturated carbocycles. The van der Waals surface area contributed by atoms with E-state index >= 15 is 0 Å². The smallest absolute Gasteiger partial charge is 0.300 e. The standard InChI is InChI=1S/C13H14N4O2/c1-9-8-19-13(14-9)16-10-4-2-5-11(15-10)17-7-3-6-12(17)18/h2,4-5,8H,3,6-7H2,1H3,(H,14,15,16). The molecule has 6 heteroatoms. The molecule has 3 heterocycles. The van der Waals surface area contributed by atoms with Gasteiger partial charge >= 0.3 is 0 Å². The van der Waals surface area contributed by atoms with Crippen LogP contribution in [0, 0.1) is 6.92 Å². The van der Waals surface area contributed by atoms with Gasteiger partial charge in [0.05, 0.1) is 5.69 Å². The number of hydrogen-bond acceptors (Lipinski definition) is 5. The number of oxazole rings is 1. The second-order valence-corrected chi connectivity index (χ2v) is 4.45. The molecule has 98 valence electrons. The Morgan fingerprint density at radius 2 is 2.26 bits per heavy atom. The van der Waals surface area contributed by atoms with Crippen LogP contribution < -0.4 is 10.2 Å². The fourth-order valence-electron chi connectivity index (χ4n) is 2.05. The van der Waals surface area contributed by atoms with Crippen LogP contribution in [0.4, 0.5) is 17.7 Å². The van der Waals surface area contributed by atoms with E-state index in [0.29, 0.717) is 24.1 Å². The summed E-state index contributed by atoms with van der Waals surface area (Å²) < 4.78 is 5.21. The predicted octanol–water partition coefficient (Wildman–Crippen LogP) is 2.25. The first-order valence-corrected chi connectivity index (χ1v) is 6.19. The van der Waals surface area contributed by atoms with Crippen molar-refractivity contribution in [3.63, 3.8) is 0 Å². The average molecular weight is 258 g/mol. The molecule has 1 N–H and O–H groups in total. The summed E-state index contributed by atoms with van der Waals surface area (Å²) in [5.41, 5.74) is 0.799. The molecule has 0 spiro atoms. The van der Waals surface area contributed by atoms with E-state index in [9.17, 15) is 4.79 Å². The number of nitrogens with one attached hydrogen (secondary N) is 1. The molecule has 2 aromatic rings. The number of aryl methyl sites for hydroxylation is 1. The van der Waals surface area contributed by atoms with Gasteiger partial charge in [0, 0.05) is 13.0 Å². The minimum absolute atomic E-state index is 0.122. The van der Waals surface area contributed by atoms with Crippen molar-refractivity contribution in [1.29, 1.82) is 0 Å². The zero-order valence-electron chi connectivity index (χ0n) is 10.6. The SMILES string of the molecule is Cc1coc(Nc2cccc(N3CCCC3=O)n2)n1. The first-order valence-electron chi connectivity index (χ1n) is 6.19. The molecule has 0 radical (unpaired) electrons. The highest BCUT2D eigenvalue weighted by atomic mass is 16.4. The Morgan fingerprint density at radius 1 is 1.37 bits per heavy atom. The molecule has 6 nitrogen and oxygen atoms in total. The fraction of sp³-hybridized carbons (Fsp3) is 0.308. The van der Waals surface area contributed by atoms with Crippen LogP contribution in [-0.2, 0) is 4.79 Å². The summed E-state index contributed by atoms with van der Waals surface area (Å²) in [4.78, 5) is 21.9. The van der Waals surface area contributed by atoms with Crippen molar-refractivity contribution in [1.82, 2.24) is 9.97 Å². The maximum atomic E-state index is 11.7. The van der Waals surface area contributed by atoms with Crippen LogP contribution in [-0.4, -0.2) is 22.4 Å². The lowest BCUT2D eigenvalue weighted by Crippen LogP contribution is -2.24. The predicted molar refractivity (Wildman–Crippen MR) is 70.3 cm³/mol. The normalized spacial score (nSPS) is 15.0. The fourth-order valence-corrected chi connectivity index (χ4v) is 2.05. The molecule has 3 rings (SSSR count). The molecule has 0 atom stereocenters. The van der Waals surface area contributed by atoms with Gasteiger partial charge in [-0.2, -0.15) is 4.98 Å². The van der Waals surface area contributed by atoms with Crippen LogP contribution in [0.15, 0.2) is 28.9 Å². The molecular formula is C13H14N4O2. The molecule has 1 aliphatic heterocycles. The second kappa shape index (κ2) is 4.72. The summed E-state index contributed by atoms with van der Waals surface area (Å²) in [5.74, 6) is 1.39. The second-order valence-electron chi connectivity index (χ2n) is 4.45. The number of nitrogens with zero attached hydrogens (tertiary/aromatic N) is 3. The molecular weight excluding hydrogens is 244 g/mol. The van der Waals surface area contributed by atoms with E-state index < -0.39 is 0 Å². The minimum atomic E-state index is 0.122. The van der Waals surface area contributed by atoms with Gasteiger partial charge in [0.15, 0.2) is 0 Å². The minimum Gasteiger partial charge on any atom is -0.432 e.